The number of anilines is 2. The molecule has 1 aromatic heterocycles. The summed E-state index contributed by atoms with van der Waals surface area (Å²) in [6.45, 7) is 1.07. The zero-order valence-corrected chi connectivity index (χ0v) is 19.0. The molecule has 1 saturated heterocycles. The third-order valence-corrected chi connectivity index (χ3v) is 5.71. The molecular formula is C26H25N7O2. The van der Waals surface area contributed by atoms with E-state index in [4.69, 9.17) is 21.1 Å². The number of rotatable bonds is 8. The van der Waals surface area contributed by atoms with Crippen LogP contribution in [-0.2, 0) is 4.79 Å². The molecule has 0 radical (unpaired) electrons. The predicted octanol–water partition coefficient (Wildman–Crippen LogP) is 3.75. The van der Waals surface area contributed by atoms with Crippen molar-refractivity contribution < 1.29 is 9.53 Å². The van der Waals surface area contributed by atoms with Gasteiger partial charge in [-0.15, -0.1) is 0 Å². The van der Waals surface area contributed by atoms with Crippen LogP contribution in [0.2, 0.25) is 0 Å². The van der Waals surface area contributed by atoms with E-state index in [0.717, 1.165) is 18.6 Å². The van der Waals surface area contributed by atoms with Crippen molar-refractivity contribution >= 4 is 23.3 Å². The molecule has 176 valence electrons. The molecular weight excluding hydrogens is 442 g/mol. The van der Waals surface area contributed by atoms with E-state index in [1.165, 1.54) is 18.5 Å². The van der Waals surface area contributed by atoms with Gasteiger partial charge in [0.2, 0.25) is 5.91 Å². The predicted molar refractivity (Wildman–Crippen MR) is 133 cm³/mol. The average molecular weight is 468 g/mol. The van der Waals surface area contributed by atoms with Crippen molar-refractivity contribution in [2.45, 2.75) is 18.9 Å². The second kappa shape index (κ2) is 10.9. The summed E-state index contributed by atoms with van der Waals surface area (Å²) in [5, 5.41) is 20.7. The van der Waals surface area contributed by atoms with Gasteiger partial charge in [0.05, 0.1) is 17.3 Å². The summed E-state index contributed by atoms with van der Waals surface area (Å²) >= 11 is 0. The normalized spacial score (nSPS) is 15.1. The smallest absolute Gasteiger partial charge is 0.247 e. The van der Waals surface area contributed by atoms with Gasteiger partial charge in [-0.25, -0.2) is 9.97 Å². The lowest BCUT2D eigenvalue weighted by atomic mass is 10.0. The van der Waals surface area contributed by atoms with Crippen molar-refractivity contribution in [3.05, 3.63) is 84.2 Å². The SMILES string of the molecule is N#C/C=C\C(=O)N1CCCC1CNc1ncnc(N)c1C(=N)c1ccc(Oc2ccccc2)cc1. The molecule has 1 unspecified atom stereocenters. The number of nitrogen functional groups attached to an aromatic ring is 1. The number of carbonyl (C=O) groups is 1. The van der Waals surface area contributed by atoms with Gasteiger partial charge in [0, 0.05) is 36.8 Å². The highest BCUT2D eigenvalue weighted by molar-refractivity contribution is 6.16. The van der Waals surface area contributed by atoms with Gasteiger partial charge < -0.3 is 20.7 Å². The highest BCUT2D eigenvalue weighted by Crippen LogP contribution is 2.26. The first-order valence-corrected chi connectivity index (χ1v) is 11.2. The van der Waals surface area contributed by atoms with Crippen molar-refractivity contribution in [2.24, 2.45) is 0 Å². The van der Waals surface area contributed by atoms with E-state index in [1.54, 1.807) is 29.2 Å². The number of aromatic nitrogens is 2. The van der Waals surface area contributed by atoms with Crippen molar-refractivity contribution in [3.63, 3.8) is 0 Å². The molecule has 4 rings (SSSR count). The molecule has 1 aliphatic rings. The molecule has 0 saturated carbocycles. The quantitative estimate of drug-likeness (QED) is 0.260. The van der Waals surface area contributed by atoms with Gasteiger partial charge in [-0.2, -0.15) is 5.26 Å². The number of nitrogens with two attached hydrogens (primary N) is 1. The molecule has 2 aromatic carbocycles. The first-order valence-electron chi connectivity index (χ1n) is 11.2. The maximum atomic E-state index is 12.4. The number of hydrogen-bond acceptors (Lipinski definition) is 8. The van der Waals surface area contributed by atoms with Gasteiger partial charge in [0.25, 0.3) is 0 Å². The van der Waals surface area contributed by atoms with Crippen LogP contribution in [0, 0.1) is 16.7 Å². The number of nitrogens with zero attached hydrogens (tertiary/aromatic N) is 4. The maximum absolute atomic E-state index is 12.4. The van der Waals surface area contributed by atoms with Gasteiger partial charge in [0.1, 0.15) is 29.5 Å². The van der Waals surface area contributed by atoms with E-state index in [1.807, 2.05) is 36.4 Å². The number of carbonyl (C=O) groups excluding carboxylic acids is 1. The minimum Gasteiger partial charge on any atom is -0.457 e. The Kier molecular flexibility index (Phi) is 7.33. The monoisotopic (exact) mass is 467 g/mol. The van der Waals surface area contributed by atoms with Crippen LogP contribution in [0.15, 0.2) is 73.1 Å². The summed E-state index contributed by atoms with van der Waals surface area (Å²) in [5.41, 5.74) is 7.35. The Bertz CT molecular complexity index is 1270. The van der Waals surface area contributed by atoms with Crippen molar-refractivity contribution in [2.75, 3.05) is 24.1 Å². The van der Waals surface area contributed by atoms with E-state index < -0.39 is 0 Å². The lowest BCUT2D eigenvalue weighted by Crippen LogP contribution is -2.39. The third-order valence-electron chi connectivity index (χ3n) is 5.71. The van der Waals surface area contributed by atoms with E-state index in [-0.39, 0.29) is 23.5 Å². The van der Waals surface area contributed by atoms with Crippen molar-refractivity contribution in [1.29, 1.82) is 10.7 Å². The molecule has 1 atom stereocenters. The molecule has 0 bridgehead atoms. The Balaban J connectivity index is 1.48. The van der Waals surface area contributed by atoms with E-state index in [0.29, 0.717) is 35.8 Å². The van der Waals surface area contributed by atoms with Crippen LogP contribution in [0.1, 0.15) is 24.0 Å². The number of ether oxygens (including phenoxy) is 1. The van der Waals surface area contributed by atoms with Crippen LogP contribution in [0.4, 0.5) is 11.6 Å². The number of likely N-dealkylation sites (tertiary alicyclic amines) is 1. The Hall–Kier alpha value is -4.71. The summed E-state index contributed by atoms with van der Waals surface area (Å²) in [6, 6.07) is 18.4. The summed E-state index contributed by atoms with van der Waals surface area (Å²) in [4.78, 5) is 22.5. The molecule has 9 heteroatoms. The molecule has 2 heterocycles. The van der Waals surface area contributed by atoms with Crippen molar-refractivity contribution in [1.82, 2.24) is 14.9 Å². The Morgan fingerprint density at radius 1 is 1.20 bits per heavy atom. The maximum Gasteiger partial charge on any atom is 0.247 e. The number of benzene rings is 2. The fraction of sp³-hybridized carbons (Fsp3) is 0.192. The summed E-state index contributed by atoms with van der Waals surface area (Å²) in [5.74, 6) is 1.81. The highest BCUT2D eigenvalue weighted by Gasteiger charge is 2.28. The van der Waals surface area contributed by atoms with E-state index in [2.05, 4.69) is 15.3 Å². The van der Waals surface area contributed by atoms with Crippen LogP contribution >= 0.6 is 0 Å². The zero-order chi connectivity index (χ0) is 24.6. The molecule has 0 spiro atoms. The number of para-hydroxylation sites is 1. The van der Waals surface area contributed by atoms with E-state index in [9.17, 15) is 4.79 Å². The van der Waals surface area contributed by atoms with Gasteiger partial charge in [-0.3, -0.25) is 10.2 Å². The fourth-order valence-electron chi connectivity index (χ4n) is 4.00. The number of hydrogen-bond donors (Lipinski definition) is 3. The van der Waals surface area contributed by atoms with Gasteiger partial charge in [-0.1, -0.05) is 18.2 Å². The molecule has 9 nitrogen and oxygen atoms in total. The highest BCUT2D eigenvalue weighted by atomic mass is 16.5. The Morgan fingerprint density at radius 3 is 2.69 bits per heavy atom. The third kappa shape index (κ3) is 5.62. The summed E-state index contributed by atoms with van der Waals surface area (Å²) < 4.78 is 5.83. The van der Waals surface area contributed by atoms with Crippen LogP contribution in [-0.4, -0.2) is 45.6 Å². The van der Waals surface area contributed by atoms with Crippen molar-refractivity contribution in [3.8, 4) is 17.6 Å². The molecule has 35 heavy (non-hydrogen) atoms. The number of amides is 1. The standard InChI is InChI=1S/C26H25N7O2/c27-14-4-9-22(34)33-15-5-6-19(33)16-30-26-23(25(29)31-17-32-26)24(28)18-10-12-21(13-11-18)35-20-7-2-1-3-8-20/h1-4,7-13,17,19,28H,5-6,15-16H2,(H3,29,30,31,32)/b9-4-,28-24?. The van der Waals surface area contributed by atoms with Gasteiger partial charge >= 0.3 is 0 Å². The van der Waals surface area contributed by atoms with Crippen LogP contribution in [0.25, 0.3) is 0 Å². The molecule has 1 fully saturated rings. The number of nitrogens with one attached hydrogen (secondary N) is 2. The lowest BCUT2D eigenvalue weighted by molar-refractivity contribution is -0.126. The lowest BCUT2D eigenvalue weighted by Gasteiger charge is -2.24. The van der Waals surface area contributed by atoms with Gasteiger partial charge in [-0.05, 0) is 49.2 Å². The van der Waals surface area contributed by atoms with Gasteiger partial charge in [0.15, 0.2) is 0 Å². The Labute approximate surface area is 203 Å². The number of allylic oxidation sites excluding steroid dienone is 1. The zero-order valence-electron chi connectivity index (χ0n) is 19.0. The Morgan fingerprint density at radius 2 is 1.94 bits per heavy atom. The fourth-order valence-corrected chi connectivity index (χ4v) is 4.00. The topological polar surface area (TPSA) is 141 Å². The van der Waals surface area contributed by atoms with Crippen LogP contribution in [0.3, 0.4) is 0 Å². The minimum atomic E-state index is -0.191. The van der Waals surface area contributed by atoms with E-state index >= 15 is 0 Å². The molecule has 1 amide bonds. The number of nitriles is 1. The van der Waals surface area contributed by atoms with Crippen LogP contribution in [0.5, 0.6) is 11.5 Å². The molecule has 0 aliphatic carbocycles. The summed E-state index contributed by atoms with van der Waals surface area (Å²) in [6.07, 6.45) is 5.53. The first-order chi connectivity index (χ1) is 17.1. The second-order valence-electron chi connectivity index (χ2n) is 7.97. The molecule has 1 aliphatic heterocycles. The largest absolute Gasteiger partial charge is 0.457 e. The second-order valence-corrected chi connectivity index (χ2v) is 7.97. The van der Waals surface area contributed by atoms with Crippen LogP contribution < -0.4 is 15.8 Å². The average Bonchev–Trinajstić information content (AvgIpc) is 3.35. The molecule has 3 aromatic rings. The first kappa shape index (κ1) is 23.4. The minimum absolute atomic E-state index is 0.0570. The molecule has 4 N–H and O–H groups in total. The summed E-state index contributed by atoms with van der Waals surface area (Å²) in [7, 11) is 0.